The van der Waals surface area contributed by atoms with Crippen LogP contribution in [0.1, 0.15) is 0 Å². The fourth-order valence-electron chi connectivity index (χ4n) is 0. The molecule has 0 aromatic carbocycles. The van der Waals surface area contributed by atoms with Gasteiger partial charge in [-0.2, -0.15) is 0 Å². The summed E-state index contributed by atoms with van der Waals surface area (Å²) >= 11 is 0. The molecule has 0 fully saturated rings. The standard InChI is InChI=1S/ClH.H3N.H4O4Si.Zn/c;;1-5(2,3)4;/h1H;1H3;1-4H;. The molecular formula is H8ClNO4SiZn. The second-order valence-corrected chi connectivity index (χ2v) is 1.80. The molecule has 8 heavy (non-hydrogen) atoms. The molecular weight excluding hydrogens is 207 g/mol. The maximum atomic E-state index is 7.33. The Kier molecular flexibility index (Phi) is 22.9. The van der Waals surface area contributed by atoms with Crippen molar-refractivity contribution in [1.29, 1.82) is 0 Å². The van der Waals surface area contributed by atoms with Crippen molar-refractivity contribution in [3.05, 3.63) is 0 Å². The molecule has 0 spiro atoms. The van der Waals surface area contributed by atoms with E-state index in [-0.39, 0.29) is 38.0 Å². The Morgan fingerprint density at radius 2 is 0.875 bits per heavy atom. The molecule has 0 saturated carbocycles. The number of hydrogen-bond acceptors (Lipinski definition) is 5. The molecule has 0 atom stereocenters. The van der Waals surface area contributed by atoms with Gasteiger partial charge in [-0.1, -0.05) is 0 Å². The second-order valence-electron chi connectivity index (χ2n) is 0.600. The molecule has 0 unspecified atom stereocenters. The topological polar surface area (TPSA) is 116 Å². The Bertz CT molecular complexity index is 31.5. The maximum Gasteiger partial charge on any atom is 0.668 e. The van der Waals surface area contributed by atoms with Crippen molar-refractivity contribution in [2.45, 2.75) is 0 Å². The number of rotatable bonds is 0. The fraction of sp³-hybridized carbons (Fsp3) is 0. The van der Waals surface area contributed by atoms with Crippen molar-refractivity contribution in [3.8, 4) is 0 Å². The molecule has 7 N–H and O–H groups in total. The first-order chi connectivity index (χ1) is 2.00. The third-order valence-corrected chi connectivity index (χ3v) is 0. The fourth-order valence-corrected chi connectivity index (χ4v) is 0. The van der Waals surface area contributed by atoms with Gasteiger partial charge in [0.25, 0.3) is 0 Å². The summed E-state index contributed by atoms with van der Waals surface area (Å²) in [4.78, 5) is 29.3. The first-order valence-electron chi connectivity index (χ1n) is 0.894. The van der Waals surface area contributed by atoms with Crippen molar-refractivity contribution in [2.75, 3.05) is 0 Å². The van der Waals surface area contributed by atoms with E-state index < -0.39 is 9.05 Å². The van der Waals surface area contributed by atoms with E-state index in [9.17, 15) is 0 Å². The summed E-state index contributed by atoms with van der Waals surface area (Å²) in [5.41, 5.74) is 0. The Morgan fingerprint density at radius 1 is 0.875 bits per heavy atom. The molecule has 0 aromatic rings. The monoisotopic (exact) mass is 213 g/mol. The van der Waals surface area contributed by atoms with Gasteiger partial charge in [-0.25, -0.2) is 0 Å². The second kappa shape index (κ2) is 7.93. The van der Waals surface area contributed by atoms with E-state index in [4.69, 9.17) is 19.2 Å². The molecule has 0 aliphatic carbocycles. The molecule has 0 heterocycles. The van der Waals surface area contributed by atoms with Crippen LogP contribution in [-0.4, -0.2) is 28.2 Å². The zero-order valence-electron chi connectivity index (χ0n) is 4.11. The summed E-state index contributed by atoms with van der Waals surface area (Å²) < 4.78 is 0. The van der Waals surface area contributed by atoms with E-state index in [2.05, 4.69) is 0 Å². The van der Waals surface area contributed by atoms with E-state index >= 15 is 0 Å². The molecule has 0 radical (unpaired) electrons. The van der Waals surface area contributed by atoms with Gasteiger partial charge < -0.3 is 25.3 Å². The van der Waals surface area contributed by atoms with E-state index in [0.717, 1.165) is 0 Å². The van der Waals surface area contributed by atoms with Gasteiger partial charge in [0.15, 0.2) is 0 Å². The van der Waals surface area contributed by atoms with Gasteiger partial charge in [0.1, 0.15) is 0 Å². The van der Waals surface area contributed by atoms with E-state index in [1.807, 2.05) is 0 Å². The van der Waals surface area contributed by atoms with Crippen LogP contribution in [0.5, 0.6) is 0 Å². The minimum Gasteiger partial charge on any atom is -0.368 e. The molecule has 50 valence electrons. The van der Waals surface area contributed by atoms with Crippen LogP contribution in [-0.2, 0) is 19.5 Å². The summed E-state index contributed by atoms with van der Waals surface area (Å²) in [6.45, 7) is 0. The van der Waals surface area contributed by atoms with Crippen LogP contribution in [0.4, 0.5) is 0 Å². The minimum atomic E-state index is -4.61. The number of halogens is 1. The van der Waals surface area contributed by atoms with Gasteiger partial charge in [0.2, 0.25) is 0 Å². The molecule has 0 rings (SSSR count). The first kappa shape index (κ1) is 23.1. The predicted molar refractivity (Wildman–Crippen MR) is 26.9 cm³/mol. The van der Waals surface area contributed by atoms with Crippen LogP contribution in [0.15, 0.2) is 0 Å². The molecule has 0 aliphatic heterocycles. The van der Waals surface area contributed by atoms with E-state index in [1.54, 1.807) is 0 Å². The molecule has 0 amide bonds. The van der Waals surface area contributed by atoms with E-state index in [1.165, 1.54) is 0 Å². The van der Waals surface area contributed by atoms with Crippen LogP contribution < -0.4 is 6.15 Å². The largest absolute Gasteiger partial charge is 0.668 e. The predicted octanol–water partition coefficient (Wildman–Crippen LogP) is -2.03. The van der Waals surface area contributed by atoms with Gasteiger partial charge in [0, 0.05) is 19.5 Å². The Morgan fingerprint density at radius 3 is 0.875 bits per heavy atom. The summed E-state index contributed by atoms with van der Waals surface area (Å²) in [5.74, 6) is 0. The molecule has 5 nitrogen and oxygen atoms in total. The van der Waals surface area contributed by atoms with E-state index in [0.29, 0.717) is 0 Å². The quantitative estimate of drug-likeness (QED) is 0.299. The summed E-state index contributed by atoms with van der Waals surface area (Å²) in [7, 11) is -4.61. The molecule has 8 heteroatoms. The van der Waals surface area contributed by atoms with Gasteiger partial charge in [-0.15, -0.1) is 12.4 Å². The smallest absolute Gasteiger partial charge is 0.368 e. The summed E-state index contributed by atoms with van der Waals surface area (Å²) in [6, 6.07) is 0. The van der Waals surface area contributed by atoms with Gasteiger partial charge >= 0.3 is 9.05 Å². The van der Waals surface area contributed by atoms with Gasteiger partial charge in [0.05, 0.1) is 0 Å². The van der Waals surface area contributed by atoms with Crippen LogP contribution in [0.3, 0.4) is 0 Å². The van der Waals surface area contributed by atoms with Crippen molar-refractivity contribution < 1.29 is 38.7 Å². The third-order valence-electron chi connectivity index (χ3n) is 0. The molecule has 0 bridgehead atoms. The minimum absolute atomic E-state index is 0. The summed E-state index contributed by atoms with van der Waals surface area (Å²) in [6.07, 6.45) is 0. The number of hydrogen-bond donors (Lipinski definition) is 5. The molecule has 0 aliphatic rings. The van der Waals surface area contributed by atoms with Crippen LogP contribution in [0, 0.1) is 0 Å². The maximum absolute atomic E-state index is 7.33. The summed E-state index contributed by atoms with van der Waals surface area (Å²) in [5, 5.41) is 0. The Hall–Kier alpha value is 0.930. The first-order valence-corrected chi connectivity index (χ1v) is 2.68. The average Bonchev–Trinajstić information content (AvgIpc) is 0.722. The Balaban J connectivity index is -0.0000000267. The Labute approximate surface area is 66.6 Å². The third kappa shape index (κ3) is 282. The normalized spacial score (nSPS) is 7.50. The average molecular weight is 215 g/mol. The zero-order valence-corrected chi connectivity index (χ0v) is 8.89. The van der Waals surface area contributed by atoms with Crippen LogP contribution in [0.2, 0.25) is 0 Å². The molecule has 0 aromatic heterocycles. The molecule has 0 saturated heterocycles. The van der Waals surface area contributed by atoms with Crippen molar-refractivity contribution >= 4 is 21.5 Å². The SMILES string of the molecule is Cl.N.O[Si](O)(O)O.[Zn]. The van der Waals surface area contributed by atoms with Gasteiger partial charge in [-0.05, 0) is 0 Å². The van der Waals surface area contributed by atoms with Crippen molar-refractivity contribution in [3.63, 3.8) is 0 Å². The van der Waals surface area contributed by atoms with Crippen molar-refractivity contribution in [1.82, 2.24) is 6.15 Å². The zero-order chi connectivity index (χ0) is 4.50. The van der Waals surface area contributed by atoms with Crippen LogP contribution in [0.25, 0.3) is 0 Å². The van der Waals surface area contributed by atoms with Crippen LogP contribution >= 0.6 is 12.4 Å². The van der Waals surface area contributed by atoms with Gasteiger partial charge in [-0.3, -0.25) is 0 Å². The van der Waals surface area contributed by atoms with Crippen molar-refractivity contribution in [2.24, 2.45) is 0 Å².